The molecule has 0 unspecified atom stereocenters. The second-order valence-corrected chi connectivity index (χ2v) is 10.9. The number of pyridine rings is 1. The zero-order valence-electron chi connectivity index (χ0n) is 21.9. The summed E-state index contributed by atoms with van der Waals surface area (Å²) in [6.45, 7) is 1.25. The Hall–Kier alpha value is -4.55. The van der Waals surface area contributed by atoms with E-state index in [0.29, 0.717) is 34.9 Å². The van der Waals surface area contributed by atoms with Crippen molar-refractivity contribution in [3.63, 3.8) is 0 Å². The lowest BCUT2D eigenvalue weighted by Crippen LogP contribution is -2.43. The minimum Gasteiger partial charge on any atom is -0.508 e. The summed E-state index contributed by atoms with van der Waals surface area (Å²) in [7, 11) is 0. The van der Waals surface area contributed by atoms with Gasteiger partial charge in [-0.05, 0) is 54.6 Å². The molecule has 9 heteroatoms. The van der Waals surface area contributed by atoms with Gasteiger partial charge in [0.2, 0.25) is 5.88 Å². The number of fused-ring (bicyclic) bond motifs is 3. The van der Waals surface area contributed by atoms with Gasteiger partial charge in [-0.15, -0.1) is 0 Å². The predicted octanol–water partition coefficient (Wildman–Crippen LogP) is 6.86. The van der Waals surface area contributed by atoms with E-state index in [-0.39, 0.29) is 45.8 Å². The lowest BCUT2D eigenvalue weighted by molar-refractivity contribution is 0.110. The number of benzene rings is 3. The van der Waals surface area contributed by atoms with E-state index in [1.807, 2.05) is 0 Å². The van der Waals surface area contributed by atoms with Crippen molar-refractivity contribution in [1.29, 1.82) is 5.26 Å². The molecule has 2 saturated heterocycles. The van der Waals surface area contributed by atoms with E-state index in [1.54, 1.807) is 30.6 Å². The topological polar surface area (TPSA) is 85.2 Å². The molecule has 2 aliphatic rings. The molecule has 0 aliphatic carbocycles. The van der Waals surface area contributed by atoms with Gasteiger partial charge in [0.15, 0.2) is 5.82 Å². The van der Waals surface area contributed by atoms with Crippen molar-refractivity contribution in [2.75, 3.05) is 19.7 Å². The minimum atomic E-state index is -0.952. The van der Waals surface area contributed by atoms with Crippen molar-refractivity contribution in [3.05, 3.63) is 78.1 Å². The van der Waals surface area contributed by atoms with Crippen LogP contribution in [0.25, 0.3) is 43.9 Å². The summed E-state index contributed by atoms with van der Waals surface area (Å²) in [6, 6.07) is 14.3. The van der Waals surface area contributed by atoms with E-state index in [2.05, 4.69) is 20.9 Å². The summed E-state index contributed by atoms with van der Waals surface area (Å²) in [5.41, 5.74) is 0.907. The number of alkyl halides is 1. The molecular formula is C32H25F3N4O2. The van der Waals surface area contributed by atoms with Gasteiger partial charge in [-0.1, -0.05) is 24.3 Å². The van der Waals surface area contributed by atoms with E-state index in [0.717, 1.165) is 19.4 Å². The quantitative estimate of drug-likeness (QED) is 0.248. The van der Waals surface area contributed by atoms with Crippen LogP contribution in [0.5, 0.6) is 11.6 Å². The van der Waals surface area contributed by atoms with E-state index in [9.17, 15) is 19.1 Å². The van der Waals surface area contributed by atoms with E-state index in [1.165, 1.54) is 30.3 Å². The number of phenols is 1. The number of ether oxygens (including phenoxy) is 1. The molecule has 0 radical (unpaired) electrons. The molecule has 0 saturated carbocycles. The molecule has 2 atom stereocenters. The molecule has 3 aromatic carbocycles. The van der Waals surface area contributed by atoms with Gasteiger partial charge in [0.1, 0.15) is 41.5 Å². The lowest BCUT2D eigenvalue weighted by atomic mass is 9.93. The van der Waals surface area contributed by atoms with Crippen LogP contribution in [0.15, 0.2) is 60.9 Å². The van der Waals surface area contributed by atoms with Gasteiger partial charge >= 0.3 is 0 Å². The number of rotatable bonds is 5. The highest BCUT2D eigenvalue weighted by atomic mass is 19.1. The molecule has 2 fully saturated rings. The fraction of sp³-hybridized carbons (Fsp3) is 0.250. The summed E-state index contributed by atoms with van der Waals surface area (Å²) in [5, 5.41) is 21.6. The maximum absolute atomic E-state index is 16.5. The number of H-pyrrole nitrogens is 1. The molecule has 6 nitrogen and oxygen atoms in total. The molecule has 41 heavy (non-hydrogen) atoms. The summed E-state index contributed by atoms with van der Waals surface area (Å²) >= 11 is 0. The monoisotopic (exact) mass is 554 g/mol. The SMILES string of the molecule is N#Cc1c(OC[C@@]23CCCN2C[C@H](F)C3)nc2c(F)c(-c3cc(O)cc4cccc(F)c34)ccc2c1-c1cc[nH]c1. The highest BCUT2D eigenvalue weighted by molar-refractivity contribution is 6.04. The Bertz CT molecular complexity index is 1870. The maximum Gasteiger partial charge on any atom is 0.233 e. The Balaban J connectivity index is 1.43. The number of nitrogens with zero attached hydrogens (tertiary/aromatic N) is 3. The zero-order chi connectivity index (χ0) is 28.3. The van der Waals surface area contributed by atoms with Crippen LogP contribution in [0.1, 0.15) is 24.8 Å². The third-order valence-electron chi connectivity index (χ3n) is 8.50. The Labute approximate surface area is 233 Å². The molecule has 5 aromatic rings. The fourth-order valence-electron chi connectivity index (χ4n) is 6.70. The number of hydrogen-bond donors (Lipinski definition) is 2. The largest absolute Gasteiger partial charge is 0.508 e. The Morgan fingerprint density at radius 1 is 1.17 bits per heavy atom. The minimum absolute atomic E-state index is 0.0391. The van der Waals surface area contributed by atoms with Crippen LogP contribution in [-0.4, -0.2) is 51.4 Å². The third kappa shape index (κ3) is 4.01. The molecule has 0 bridgehead atoms. The van der Waals surface area contributed by atoms with Crippen molar-refractivity contribution in [2.45, 2.75) is 31.0 Å². The third-order valence-corrected chi connectivity index (χ3v) is 8.50. The number of phenolic OH excluding ortho intramolecular Hbond substituents is 1. The molecule has 2 aliphatic heterocycles. The maximum atomic E-state index is 16.5. The highest BCUT2D eigenvalue weighted by Crippen LogP contribution is 2.44. The first-order valence-electron chi connectivity index (χ1n) is 13.5. The average Bonchev–Trinajstić information content (AvgIpc) is 3.68. The first kappa shape index (κ1) is 25.4. The van der Waals surface area contributed by atoms with Gasteiger partial charge in [0.25, 0.3) is 0 Å². The van der Waals surface area contributed by atoms with Crippen molar-refractivity contribution in [3.8, 4) is 40.0 Å². The van der Waals surface area contributed by atoms with Gasteiger partial charge in [-0.2, -0.15) is 5.26 Å². The van der Waals surface area contributed by atoms with Crippen LogP contribution >= 0.6 is 0 Å². The van der Waals surface area contributed by atoms with Gasteiger partial charge in [-0.3, -0.25) is 4.90 Å². The smallest absolute Gasteiger partial charge is 0.233 e. The van der Waals surface area contributed by atoms with Crippen molar-refractivity contribution >= 4 is 21.7 Å². The van der Waals surface area contributed by atoms with Gasteiger partial charge in [0, 0.05) is 52.8 Å². The predicted molar refractivity (Wildman–Crippen MR) is 149 cm³/mol. The first-order chi connectivity index (χ1) is 19.9. The first-order valence-corrected chi connectivity index (χ1v) is 13.5. The number of nitriles is 1. The molecule has 0 spiro atoms. The van der Waals surface area contributed by atoms with Crippen molar-refractivity contribution in [1.82, 2.24) is 14.9 Å². The van der Waals surface area contributed by atoms with Crippen LogP contribution < -0.4 is 4.74 Å². The molecular weight excluding hydrogens is 529 g/mol. The Kier molecular flexibility index (Phi) is 5.91. The molecule has 2 N–H and O–H groups in total. The molecule has 4 heterocycles. The van der Waals surface area contributed by atoms with Crippen LogP contribution in [0, 0.1) is 23.0 Å². The van der Waals surface area contributed by atoms with Gasteiger partial charge in [0.05, 0.1) is 5.54 Å². The standard InChI is InChI=1S/C32H25F3N4O2/c33-20-13-32(8-2-10-39(32)16-20)17-41-31-25(14-36)27(19-7-9-37-15-19)23-6-5-22(29(35)30(23)38-31)24-12-21(40)11-18-3-1-4-26(34)28(18)24/h1,3-7,9,11-12,15,20,37,40H,2,8,10,13,16-17H2/t20-,32+/m1/s1. The Morgan fingerprint density at radius 3 is 2.85 bits per heavy atom. The van der Waals surface area contributed by atoms with E-state index < -0.39 is 23.3 Å². The second kappa shape index (κ2) is 9.53. The average molecular weight is 555 g/mol. The van der Waals surface area contributed by atoms with Gasteiger partial charge < -0.3 is 14.8 Å². The molecule has 206 valence electrons. The van der Waals surface area contributed by atoms with Crippen molar-refractivity contribution < 1.29 is 23.0 Å². The number of hydrogen-bond acceptors (Lipinski definition) is 5. The van der Waals surface area contributed by atoms with Crippen LogP contribution in [0.3, 0.4) is 0 Å². The Morgan fingerprint density at radius 2 is 2.05 bits per heavy atom. The number of aromatic amines is 1. The number of halogens is 3. The molecule has 2 aromatic heterocycles. The number of nitrogens with one attached hydrogen (secondary N) is 1. The normalized spacial score (nSPS) is 20.5. The lowest BCUT2D eigenvalue weighted by Gasteiger charge is -2.31. The summed E-state index contributed by atoms with van der Waals surface area (Å²) in [5.74, 6) is -1.47. The van der Waals surface area contributed by atoms with Crippen LogP contribution in [0.4, 0.5) is 13.2 Å². The summed E-state index contributed by atoms with van der Waals surface area (Å²) in [6.07, 6.45) is 4.47. The zero-order valence-corrected chi connectivity index (χ0v) is 21.9. The summed E-state index contributed by atoms with van der Waals surface area (Å²) in [4.78, 5) is 9.59. The summed E-state index contributed by atoms with van der Waals surface area (Å²) < 4.78 is 52.1. The fourth-order valence-corrected chi connectivity index (χ4v) is 6.70. The van der Waals surface area contributed by atoms with Crippen LogP contribution in [0.2, 0.25) is 0 Å². The number of aromatic nitrogens is 2. The highest BCUT2D eigenvalue weighted by Gasteiger charge is 2.49. The molecule has 7 rings (SSSR count). The molecule has 0 amide bonds. The second-order valence-electron chi connectivity index (χ2n) is 10.9. The van der Waals surface area contributed by atoms with Crippen molar-refractivity contribution in [2.24, 2.45) is 0 Å². The van der Waals surface area contributed by atoms with Crippen LogP contribution in [-0.2, 0) is 0 Å². The van der Waals surface area contributed by atoms with E-state index >= 15 is 4.39 Å². The van der Waals surface area contributed by atoms with E-state index in [4.69, 9.17) is 4.74 Å². The number of aromatic hydroxyl groups is 1. The van der Waals surface area contributed by atoms with Gasteiger partial charge in [-0.25, -0.2) is 18.2 Å².